The molecule has 0 saturated heterocycles. The standard InChI is InChI=1S/C6H17N2/c1-6-8(4,5)7(2)3/h6H2,1-5H3/q+1. The summed E-state index contributed by atoms with van der Waals surface area (Å²) in [4.78, 5) is 0. The van der Waals surface area contributed by atoms with Crippen molar-refractivity contribution in [2.24, 2.45) is 0 Å². The van der Waals surface area contributed by atoms with Gasteiger partial charge in [0, 0.05) is 14.1 Å². The molecule has 0 bridgehead atoms. The fourth-order valence-electron chi connectivity index (χ4n) is 0.283. The molecule has 2 nitrogen and oxygen atoms in total. The van der Waals surface area contributed by atoms with Crippen molar-refractivity contribution in [1.82, 2.24) is 5.01 Å². The van der Waals surface area contributed by atoms with Crippen LogP contribution in [0.25, 0.3) is 0 Å². The highest BCUT2D eigenvalue weighted by atomic mass is 15.7. The smallest absolute Gasteiger partial charge is 0.0931 e. The second-order valence-electron chi connectivity index (χ2n) is 2.78. The molecule has 0 saturated carbocycles. The minimum Gasteiger partial charge on any atom is -0.249 e. The van der Waals surface area contributed by atoms with E-state index in [1.807, 2.05) is 0 Å². The van der Waals surface area contributed by atoms with Crippen LogP contribution in [0.2, 0.25) is 0 Å². The third-order valence-corrected chi connectivity index (χ3v) is 1.86. The van der Waals surface area contributed by atoms with Crippen LogP contribution in [0.3, 0.4) is 0 Å². The van der Waals surface area contributed by atoms with Crippen LogP contribution in [0.4, 0.5) is 0 Å². The lowest BCUT2D eigenvalue weighted by atomic mass is 10.6. The lowest BCUT2D eigenvalue weighted by Crippen LogP contribution is -2.50. The molecular weight excluding hydrogens is 100 g/mol. The van der Waals surface area contributed by atoms with E-state index in [0.29, 0.717) is 0 Å². The summed E-state index contributed by atoms with van der Waals surface area (Å²) >= 11 is 0. The SMILES string of the molecule is CC[N+](C)(C)N(C)C. The maximum absolute atomic E-state index is 2.18. The number of hydrogen-bond acceptors (Lipinski definition) is 1. The van der Waals surface area contributed by atoms with Crippen molar-refractivity contribution in [3.05, 3.63) is 0 Å². The first-order valence-corrected chi connectivity index (χ1v) is 3.01. The fraction of sp³-hybridized carbons (Fsp3) is 1.00. The molecule has 0 aromatic heterocycles. The van der Waals surface area contributed by atoms with Gasteiger partial charge in [0.05, 0.1) is 20.6 Å². The van der Waals surface area contributed by atoms with E-state index in [4.69, 9.17) is 0 Å². The molecular formula is C6H17N2+. The van der Waals surface area contributed by atoms with E-state index in [2.05, 4.69) is 40.1 Å². The average molecular weight is 117 g/mol. The van der Waals surface area contributed by atoms with Gasteiger partial charge < -0.3 is 0 Å². The van der Waals surface area contributed by atoms with Crippen LogP contribution in [0.15, 0.2) is 0 Å². The summed E-state index contributed by atoms with van der Waals surface area (Å²) in [5.74, 6) is 0. The Hall–Kier alpha value is -0.0800. The van der Waals surface area contributed by atoms with Gasteiger partial charge in [-0.25, -0.2) is 4.59 Å². The summed E-state index contributed by atoms with van der Waals surface area (Å²) in [5, 5.41) is 2.18. The van der Waals surface area contributed by atoms with Crippen molar-refractivity contribution in [3.63, 3.8) is 0 Å². The first-order chi connectivity index (χ1) is 3.50. The third-order valence-electron chi connectivity index (χ3n) is 1.86. The van der Waals surface area contributed by atoms with Gasteiger partial charge in [-0.1, -0.05) is 0 Å². The van der Waals surface area contributed by atoms with Crippen molar-refractivity contribution in [1.29, 1.82) is 0 Å². The molecule has 8 heavy (non-hydrogen) atoms. The van der Waals surface area contributed by atoms with Crippen LogP contribution in [0.5, 0.6) is 0 Å². The highest BCUT2D eigenvalue weighted by Gasteiger charge is 2.13. The summed E-state index contributed by atoms with van der Waals surface area (Å²) in [6.45, 7) is 3.33. The predicted octanol–water partition coefficient (Wildman–Crippen LogP) is 0.559. The van der Waals surface area contributed by atoms with Gasteiger partial charge in [-0.05, 0) is 6.92 Å². The third kappa shape index (κ3) is 1.80. The van der Waals surface area contributed by atoms with Crippen LogP contribution in [0, 0.1) is 0 Å². The number of rotatable bonds is 2. The first kappa shape index (κ1) is 7.92. The van der Waals surface area contributed by atoms with Crippen LogP contribution < -0.4 is 0 Å². The maximum atomic E-state index is 2.18. The summed E-state index contributed by atoms with van der Waals surface area (Å²) < 4.78 is 0.958. The zero-order chi connectivity index (χ0) is 6.78. The minimum atomic E-state index is 0.958. The minimum absolute atomic E-state index is 0.958. The number of nitrogens with zero attached hydrogens (tertiary/aromatic N) is 2. The molecule has 0 aromatic rings. The lowest BCUT2D eigenvalue weighted by Gasteiger charge is -2.33. The summed E-state index contributed by atoms with van der Waals surface area (Å²) in [6.07, 6.45) is 0. The number of hydrogen-bond donors (Lipinski definition) is 0. The monoisotopic (exact) mass is 117 g/mol. The van der Waals surface area contributed by atoms with Crippen LogP contribution in [0.1, 0.15) is 6.92 Å². The van der Waals surface area contributed by atoms with Gasteiger partial charge in [0.1, 0.15) is 0 Å². The van der Waals surface area contributed by atoms with E-state index in [1.165, 1.54) is 0 Å². The van der Waals surface area contributed by atoms with Crippen LogP contribution in [-0.4, -0.2) is 44.3 Å². The lowest BCUT2D eigenvalue weighted by molar-refractivity contribution is -0.995. The Morgan fingerprint density at radius 3 is 1.62 bits per heavy atom. The first-order valence-electron chi connectivity index (χ1n) is 3.01. The Balaban J connectivity index is 3.71. The molecule has 0 unspecified atom stereocenters. The van der Waals surface area contributed by atoms with Crippen molar-refractivity contribution in [2.75, 3.05) is 34.7 Å². The quantitative estimate of drug-likeness (QED) is 0.377. The Labute approximate surface area is 52.3 Å². The second kappa shape index (κ2) is 2.46. The molecule has 0 rings (SSSR count). The molecule has 0 aliphatic heterocycles. The molecule has 0 fully saturated rings. The van der Waals surface area contributed by atoms with Gasteiger partial charge in [0.2, 0.25) is 0 Å². The molecule has 0 aromatic carbocycles. The molecule has 0 aliphatic carbocycles. The van der Waals surface area contributed by atoms with Crippen molar-refractivity contribution < 1.29 is 4.59 Å². The Morgan fingerprint density at radius 1 is 1.25 bits per heavy atom. The largest absolute Gasteiger partial charge is 0.249 e. The number of quaternary nitrogens is 1. The van der Waals surface area contributed by atoms with E-state index < -0.39 is 0 Å². The van der Waals surface area contributed by atoms with E-state index in [9.17, 15) is 0 Å². The molecule has 0 radical (unpaired) electrons. The molecule has 0 heterocycles. The molecule has 0 aliphatic rings. The zero-order valence-corrected chi connectivity index (χ0v) is 6.60. The Bertz CT molecular complexity index is 66.9. The van der Waals surface area contributed by atoms with E-state index in [1.54, 1.807) is 0 Å². The predicted molar refractivity (Wildman–Crippen MR) is 36.3 cm³/mol. The molecule has 0 amide bonds. The molecule has 2 heteroatoms. The van der Waals surface area contributed by atoms with Crippen molar-refractivity contribution in [2.45, 2.75) is 6.92 Å². The highest BCUT2D eigenvalue weighted by Crippen LogP contribution is 1.96. The van der Waals surface area contributed by atoms with E-state index in [-0.39, 0.29) is 0 Å². The normalized spacial score (nSPS) is 12.8. The van der Waals surface area contributed by atoms with Crippen molar-refractivity contribution in [3.8, 4) is 0 Å². The fourth-order valence-corrected chi connectivity index (χ4v) is 0.283. The average Bonchev–Trinajstić information content (AvgIpc) is 1.67. The van der Waals surface area contributed by atoms with Crippen LogP contribution in [-0.2, 0) is 0 Å². The van der Waals surface area contributed by atoms with Gasteiger partial charge in [-0.2, -0.15) is 5.01 Å². The van der Waals surface area contributed by atoms with E-state index in [0.717, 1.165) is 11.1 Å². The zero-order valence-electron chi connectivity index (χ0n) is 6.60. The second-order valence-corrected chi connectivity index (χ2v) is 2.78. The summed E-state index contributed by atoms with van der Waals surface area (Å²) in [6, 6.07) is 0. The van der Waals surface area contributed by atoms with Gasteiger partial charge in [0.25, 0.3) is 0 Å². The van der Waals surface area contributed by atoms with E-state index >= 15 is 0 Å². The highest BCUT2D eigenvalue weighted by molar-refractivity contribution is 4.15. The van der Waals surface area contributed by atoms with Gasteiger partial charge in [-0.15, -0.1) is 0 Å². The Kier molecular flexibility index (Phi) is 2.44. The van der Waals surface area contributed by atoms with Gasteiger partial charge in [-0.3, -0.25) is 0 Å². The molecule has 50 valence electrons. The molecule has 0 atom stereocenters. The van der Waals surface area contributed by atoms with Crippen LogP contribution >= 0.6 is 0 Å². The van der Waals surface area contributed by atoms with Gasteiger partial charge >= 0.3 is 0 Å². The Morgan fingerprint density at radius 2 is 1.62 bits per heavy atom. The maximum Gasteiger partial charge on any atom is 0.0931 e. The topological polar surface area (TPSA) is 3.24 Å². The molecule has 0 N–H and O–H groups in total. The summed E-state index contributed by atoms with van der Waals surface area (Å²) in [5.41, 5.74) is 0. The summed E-state index contributed by atoms with van der Waals surface area (Å²) in [7, 11) is 8.53. The van der Waals surface area contributed by atoms with Crippen molar-refractivity contribution >= 4 is 0 Å². The molecule has 0 spiro atoms. The van der Waals surface area contributed by atoms with Gasteiger partial charge in [0.15, 0.2) is 0 Å².